The van der Waals surface area contributed by atoms with Crippen molar-refractivity contribution in [1.82, 2.24) is 0 Å². The predicted octanol–water partition coefficient (Wildman–Crippen LogP) is 13.1. The molecule has 0 fully saturated rings. The van der Waals surface area contributed by atoms with Crippen molar-refractivity contribution in [1.29, 1.82) is 0 Å². The molecular formula is C48H36O. The summed E-state index contributed by atoms with van der Waals surface area (Å²) in [6.07, 6.45) is 0.814. The molecule has 0 unspecified atom stereocenters. The van der Waals surface area contributed by atoms with E-state index in [1.807, 2.05) is 12.1 Å². The van der Waals surface area contributed by atoms with Crippen LogP contribution in [0.15, 0.2) is 169 Å². The summed E-state index contributed by atoms with van der Waals surface area (Å²) in [6.45, 7) is 9.26. The molecule has 49 heavy (non-hydrogen) atoms. The topological polar surface area (TPSA) is 13.1 Å². The van der Waals surface area contributed by atoms with Gasteiger partial charge >= 0.3 is 0 Å². The van der Waals surface area contributed by atoms with Crippen molar-refractivity contribution in [2.45, 2.75) is 25.7 Å². The second kappa shape index (κ2) is 11.4. The van der Waals surface area contributed by atoms with Crippen LogP contribution in [0.2, 0.25) is 0 Å². The van der Waals surface area contributed by atoms with Crippen LogP contribution in [-0.2, 0) is 11.8 Å². The average molecular weight is 629 g/mol. The molecule has 1 aromatic heterocycles. The van der Waals surface area contributed by atoms with Crippen molar-refractivity contribution in [3.63, 3.8) is 0 Å². The highest BCUT2D eigenvalue weighted by molar-refractivity contribution is 6.06. The van der Waals surface area contributed by atoms with Crippen LogP contribution < -0.4 is 0 Å². The van der Waals surface area contributed by atoms with Crippen molar-refractivity contribution in [3.05, 3.63) is 187 Å². The van der Waals surface area contributed by atoms with E-state index in [0.29, 0.717) is 0 Å². The van der Waals surface area contributed by atoms with Crippen LogP contribution in [0.1, 0.15) is 36.1 Å². The van der Waals surface area contributed by atoms with Crippen LogP contribution in [-0.4, -0.2) is 0 Å². The zero-order valence-corrected chi connectivity index (χ0v) is 27.8. The summed E-state index contributed by atoms with van der Waals surface area (Å²) in [4.78, 5) is 0. The Morgan fingerprint density at radius 1 is 0.490 bits per heavy atom. The highest BCUT2D eigenvalue weighted by atomic mass is 16.3. The molecule has 1 aliphatic rings. The Bertz CT molecular complexity index is 2530. The largest absolute Gasteiger partial charge is 0.456 e. The molecule has 234 valence electrons. The van der Waals surface area contributed by atoms with Gasteiger partial charge in [0.05, 0.1) is 0 Å². The van der Waals surface area contributed by atoms with Gasteiger partial charge in [-0.1, -0.05) is 148 Å². The minimum atomic E-state index is -0.124. The molecule has 0 bridgehead atoms. The molecule has 0 aliphatic heterocycles. The monoisotopic (exact) mass is 628 g/mol. The van der Waals surface area contributed by atoms with E-state index in [-0.39, 0.29) is 5.41 Å². The van der Waals surface area contributed by atoms with Gasteiger partial charge in [0.15, 0.2) is 0 Å². The Kier molecular flexibility index (Phi) is 6.78. The van der Waals surface area contributed by atoms with Crippen molar-refractivity contribution in [3.8, 4) is 44.5 Å². The SMILES string of the molecule is C=C(Cc1ccc(-c2ccc(-c3ccccc3)cc2)cc1)c1ccc2c(c1)C(C)(C)c1cc(-c3ccc4oc5ccccc5c4c3)ccc1-2. The van der Waals surface area contributed by atoms with Crippen LogP contribution in [0.3, 0.4) is 0 Å². The lowest BCUT2D eigenvalue weighted by molar-refractivity contribution is 0.660. The number of para-hydroxylation sites is 1. The first-order valence-electron chi connectivity index (χ1n) is 17.1. The van der Waals surface area contributed by atoms with Gasteiger partial charge in [-0.25, -0.2) is 0 Å². The molecule has 7 aromatic carbocycles. The third-order valence-electron chi connectivity index (χ3n) is 10.5. The third-order valence-corrected chi connectivity index (χ3v) is 10.5. The predicted molar refractivity (Wildman–Crippen MR) is 207 cm³/mol. The molecule has 1 aliphatic carbocycles. The van der Waals surface area contributed by atoms with Gasteiger partial charge in [0.1, 0.15) is 11.2 Å². The normalized spacial score (nSPS) is 13.0. The standard InChI is InChI=1S/C48H36O/c1-31(27-32-13-15-34(16-14-32)36-19-17-35(18-20-36)33-9-5-4-6-10-33)37-21-24-40-41-25-22-39(30-45(41)48(2,3)44(40)29-37)38-23-26-47-43(28-38)42-11-7-8-12-46(42)49-47/h4-26,28-30H,1,27H2,2-3H3. The molecule has 1 heterocycles. The van der Waals surface area contributed by atoms with E-state index < -0.39 is 0 Å². The van der Waals surface area contributed by atoms with Gasteiger partial charge in [-0.05, 0) is 109 Å². The number of benzene rings is 7. The van der Waals surface area contributed by atoms with Crippen molar-refractivity contribution in [2.75, 3.05) is 0 Å². The summed E-state index contributed by atoms with van der Waals surface area (Å²) in [5, 5.41) is 2.32. The van der Waals surface area contributed by atoms with Crippen molar-refractivity contribution < 1.29 is 4.42 Å². The molecule has 0 spiro atoms. The van der Waals surface area contributed by atoms with E-state index in [0.717, 1.165) is 33.9 Å². The zero-order valence-electron chi connectivity index (χ0n) is 27.8. The zero-order chi connectivity index (χ0) is 33.1. The van der Waals surface area contributed by atoms with Gasteiger partial charge in [0.25, 0.3) is 0 Å². The van der Waals surface area contributed by atoms with E-state index in [1.54, 1.807) is 0 Å². The molecule has 0 saturated carbocycles. The lowest BCUT2D eigenvalue weighted by atomic mass is 9.80. The van der Waals surface area contributed by atoms with Crippen LogP contribution in [0, 0.1) is 0 Å². The fourth-order valence-electron chi connectivity index (χ4n) is 7.69. The van der Waals surface area contributed by atoms with Gasteiger partial charge in [0.2, 0.25) is 0 Å². The maximum Gasteiger partial charge on any atom is 0.135 e. The van der Waals surface area contributed by atoms with Crippen LogP contribution in [0.5, 0.6) is 0 Å². The smallest absolute Gasteiger partial charge is 0.135 e. The van der Waals surface area contributed by atoms with Gasteiger partial charge in [-0.15, -0.1) is 0 Å². The summed E-state index contributed by atoms with van der Waals surface area (Å²) in [6, 6.07) is 57.0. The number of fused-ring (bicyclic) bond motifs is 6. The van der Waals surface area contributed by atoms with E-state index in [9.17, 15) is 0 Å². The number of hydrogen-bond donors (Lipinski definition) is 0. The van der Waals surface area contributed by atoms with E-state index >= 15 is 0 Å². The van der Waals surface area contributed by atoms with Gasteiger partial charge in [0, 0.05) is 16.2 Å². The van der Waals surface area contributed by atoms with E-state index in [1.165, 1.54) is 66.8 Å². The minimum Gasteiger partial charge on any atom is -0.456 e. The quantitative estimate of drug-likeness (QED) is 0.179. The minimum absolute atomic E-state index is 0.124. The lowest BCUT2D eigenvalue weighted by Gasteiger charge is -2.23. The Hall–Kier alpha value is -5.92. The van der Waals surface area contributed by atoms with E-state index in [2.05, 4.69) is 166 Å². The van der Waals surface area contributed by atoms with Crippen molar-refractivity contribution in [2.24, 2.45) is 0 Å². The number of hydrogen-bond acceptors (Lipinski definition) is 1. The lowest BCUT2D eigenvalue weighted by Crippen LogP contribution is -2.15. The fourth-order valence-corrected chi connectivity index (χ4v) is 7.69. The summed E-state index contributed by atoms with van der Waals surface area (Å²) >= 11 is 0. The fraction of sp³-hybridized carbons (Fsp3) is 0.0833. The van der Waals surface area contributed by atoms with Crippen LogP contribution in [0.25, 0.3) is 72.0 Å². The number of allylic oxidation sites excluding steroid dienone is 1. The highest BCUT2D eigenvalue weighted by Gasteiger charge is 2.36. The van der Waals surface area contributed by atoms with Crippen LogP contribution in [0.4, 0.5) is 0 Å². The summed E-state index contributed by atoms with van der Waals surface area (Å²) in [5.41, 5.74) is 18.1. The maximum atomic E-state index is 6.09. The van der Waals surface area contributed by atoms with Crippen LogP contribution >= 0.6 is 0 Å². The van der Waals surface area contributed by atoms with Gasteiger partial charge in [-0.2, -0.15) is 0 Å². The van der Waals surface area contributed by atoms with Crippen molar-refractivity contribution >= 4 is 27.5 Å². The third kappa shape index (κ3) is 5.02. The number of furan rings is 1. The Morgan fingerprint density at radius 2 is 1.02 bits per heavy atom. The second-order valence-corrected chi connectivity index (χ2v) is 13.9. The Balaban J connectivity index is 0.948. The summed E-state index contributed by atoms with van der Waals surface area (Å²) < 4.78 is 6.09. The molecule has 0 N–H and O–H groups in total. The molecular weight excluding hydrogens is 593 g/mol. The molecule has 8 aromatic rings. The Labute approximate surface area is 287 Å². The first-order valence-corrected chi connectivity index (χ1v) is 17.1. The van der Waals surface area contributed by atoms with E-state index in [4.69, 9.17) is 4.42 Å². The maximum absolute atomic E-state index is 6.09. The average Bonchev–Trinajstić information content (AvgIpc) is 3.63. The molecule has 1 heteroatoms. The number of rotatable bonds is 6. The summed E-state index contributed by atoms with van der Waals surface area (Å²) in [5.74, 6) is 0. The molecule has 0 saturated heterocycles. The van der Waals surface area contributed by atoms with Gasteiger partial charge in [-0.3, -0.25) is 0 Å². The first-order chi connectivity index (χ1) is 23.9. The molecule has 1 nitrogen and oxygen atoms in total. The molecule has 0 radical (unpaired) electrons. The highest BCUT2D eigenvalue weighted by Crippen LogP contribution is 2.50. The Morgan fingerprint density at radius 3 is 1.76 bits per heavy atom. The molecule has 0 atom stereocenters. The summed E-state index contributed by atoms with van der Waals surface area (Å²) in [7, 11) is 0. The second-order valence-electron chi connectivity index (χ2n) is 13.9. The first kappa shape index (κ1) is 29.2. The van der Waals surface area contributed by atoms with Gasteiger partial charge < -0.3 is 4.42 Å². The molecule has 9 rings (SSSR count). The molecule has 0 amide bonds.